The van der Waals surface area contributed by atoms with Crippen LogP contribution in [0.1, 0.15) is 19.4 Å². The fourth-order valence-corrected chi connectivity index (χ4v) is 2.08. The summed E-state index contributed by atoms with van der Waals surface area (Å²) in [5, 5.41) is 0. The highest BCUT2D eigenvalue weighted by Crippen LogP contribution is 2.23. The van der Waals surface area contributed by atoms with Crippen molar-refractivity contribution in [3.8, 4) is 16.9 Å². The van der Waals surface area contributed by atoms with Crippen molar-refractivity contribution in [2.24, 2.45) is 11.7 Å². The third-order valence-electron chi connectivity index (χ3n) is 3.13. The van der Waals surface area contributed by atoms with E-state index in [9.17, 15) is 0 Å². The molecule has 2 aromatic carbocycles. The third kappa shape index (κ3) is 4.10. The molecule has 0 radical (unpaired) electrons. The third-order valence-corrected chi connectivity index (χ3v) is 3.13. The minimum absolute atomic E-state index is 0.544. The normalized spacial score (nSPS) is 10.8. The summed E-state index contributed by atoms with van der Waals surface area (Å²) in [4.78, 5) is 0. The Balaban J connectivity index is 2.11. The number of rotatable bonds is 6. The zero-order valence-corrected chi connectivity index (χ0v) is 12.3. The maximum atomic E-state index is 5.70. The Hall–Kier alpha value is -1.80. The van der Waals surface area contributed by atoms with Gasteiger partial charge in [0.05, 0.1) is 6.61 Å². The summed E-state index contributed by atoms with van der Waals surface area (Å²) in [6.07, 6.45) is 0.920. The van der Waals surface area contributed by atoms with Crippen molar-refractivity contribution < 1.29 is 4.74 Å². The lowest BCUT2D eigenvalue weighted by Crippen LogP contribution is -2.04. The molecular weight excluding hydrogens is 246 g/mol. The molecule has 0 spiro atoms. The van der Waals surface area contributed by atoms with Crippen LogP contribution in [0.25, 0.3) is 11.1 Å². The number of hydrogen-bond donors (Lipinski definition) is 1. The SMILES string of the molecule is CC(C)COc1ccc(-c2cccc(CCN)c2)cc1. The highest BCUT2D eigenvalue weighted by Gasteiger charge is 2.01. The summed E-state index contributed by atoms with van der Waals surface area (Å²) in [5.41, 5.74) is 9.33. The molecule has 0 saturated heterocycles. The number of benzene rings is 2. The van der Waals surface area contributed by atoms with E-state index >= 15 is 0 Å². The highest BCUT2D eigenvalue weighted by molar-refractivity contribution is 5.64. The second-order valence-electron chi connectivity index (χ2n) is 5.47. The lowest BCUT2D eigenvalue weighted by molar-refractivity contribution is 0.271. The zero-order valence-electron chi connectivity index (χ0n) is 12.3. The Kier molecular flexibility index (Phi) is 5.19. The second-order valence-corrected chi connectivity index (χ2v) is 5.47. The van der Waals surface area contributed by atoms with Crippen molar-refractivity contribution >= 4 is 0 Å². The molecule has 0 saturated carbocycles. The van der Waals surface area contributed by atoms with Crippen LogP contribution in [0.5, 0.6) is 5.75 Å². The van der Waals surface area contributed by atoms with Gasteiger partial charge in [0.25, 0.3) is 0 Å². The number of hydrogen-bond acceptors (Lipinski definition) is 2. The fraction of sp³-hybridized carbons (Fsp3) is 0.333. The van der Waals surface area contributed by atoms with Gasteiger partial charge in [-0.3, -0.25) is 0 Å². The lowest BCUT2D eigenvalue weighted by atomic mass is 10.0. The first-order valence-electron chi connectivity index (χ1n) is 7.21. The Morgan fingerprint density at radius 3 is 2.40 bits per heavy atom. The van der Waals surface area contributed by atoms with Gasteiger partial charge in [-0.1, -0.05) is 50.2 Å². The van der Waals surface area contributed by atoms with E-state index in [2.05, 4.69) is 50.2 Å². The van der Waals surface area contributed by atoms with Gasteiger partial charge < -0.3 is 10.5 Å². The van der Waals surface area contributed by atoms with Crippen LogP contribution >= 0.6 is 0 Å². The van der Waals surface area contributed by atoms with Crippen LogP contribution in [0.2, 0.25) is 0 Å². The molecule has 0 amide bonds. The molecule has 2 rings (SSSR count). The van der Waals surface area contributed by atoms with Crippen molar-refractivity contribution in [1.82, 2.24) is 0 Å². The molecule has 0 aliphatic carbocycles. The molecule has 0 aromatic heterocycles. The molecule has 0 aliphatic rings. The number of nitrogens with two attached hydrogens (primary N) is 1. The molecule has 0 unspecified atom stereocenters. The summed E-state index contributed by atoms with van der Waals surface area (Å²) >= 11 is 0. The Bertz CT molecular complexity index is 531. The first-order valence-corrected chi connectivity index (χ1v) is 7.21. The second kappa shape index (κ2) is 7.11. The standard InChI is InChI=1S/C18H23NO/c1-14(2)13-20-18-8-6-16(7-9-18)17-5-3-4-15(12-17)10-11-19/h3-9,12,14H,10-11,13,19H2,1-2H3. The van der Waals surface area contributed by atoms with Crippen molar-refractivity contribution in [3.63, 3.8) is 0 Å². The van der Waals surface area contributed by atoms with Crippen LogP contribution in [-0.4, -0.2) is 13.2 Å². The molecule has 0 fully saturated rings. The van der Waals surface area contributed by atoms with Gasteiger partial charge in [-0.05, 0) is 47.7 Å². The van der Waals surface area contributed by atoms with Gasteiger partial charge in [0.15, 0.2) is 0 Å². The maximum absolute atomic E-state index is 5.70. The average molecular weight is 269 g/mol. The largest absolute Gasteiger partial charge is 0.493 e. The highest BCUT2D eigenvalue weighted by atomic mass is 16.5. The molecule has 0 aliphatic heterocycles. The van der Waals surface area contributed by atoms with Crippen molar-refractivity contribution in [2.75, 3.05) is 13.2 Å². The van der Waals surface area contributed by atoms with Crippen LogP contribution < -0.4 is 10.5 Å². The van der Waals surface area contributed by atoms with Crippen molar-refractivity contribution in [2.45, 2.75) is 20.3 Å². The quantitative estimate of drug-likeness (QED) is 0.863. The van der Waals surface area contributed by atoms with Gasteiger partial charge in [-0.15, -0.1) is 0 Å². The Morgan fingerprint density at radius 1 is 1.00 bits per heavy atom. The smallest absolute Gasteiger partial charge is 0.119 e. The average Bonchev–Trinajstić information content (AvgIpc) is 2.46. The van der Waals surface area contributed by atoms with Crippen LogP contribution in [-0.2, 0) is 6.42 Å². The van der Waals surface area contributed by atoms with Crippen LogP contribution in [0, 0.1) is 5.92 Å². The predicted octanol–water partition coefficient (Wildman–Crippen LogP) is 3.89. The first-order chi connectivity index (χ1) is 9.69. The Morgan fingerprint density at radius 2 is 1.75 bits per heavy atom. The Labute approximate surface area is 121 Å². The molecule has 2 N–H and O–H groups in total. The molecule has 0 bridgehead atoms. The van der Waals surface area contributed by atoms with Crippen LogP contribution in [0.3, 0.4) is 0 Å². The molecule has 106 valence electrons. The monoisotopic (exact) mass is 269 g/mol. The van der Waals surface area contributed by atoms with E-state index < -0.39 is 0 Å². The van der Waals surface area contributed by atoms with Gasteiger partial charge in [-0.25, -0.2) is 0 Å². The van der Waals surface area contributed by atoms with E-state index in [-0.39, 0.29) is 0 Å². The summed E-state index contributed by atoms with van der Waals surface area (Å²) in [5.74, 6) is 1.48. The minimum atomic E-state index is 0.544. The summed E-state index contributed by atoms with van der Waals surface area (Å²) in [6, 6.07) is 16.8. The topological polar surface area (TPSA) is 35.2 Å². The molecule has 2 heteroatoms. The van der Waals surface area contributed by atoms with Crippen molar-refractivity contribution in [1.29, 1.82) is 0 Å². The molecule has 0 atom stereocenters. The summed E-state index contributed by atoms with van der Waals surface area (Å²) in [6.45, 7) is 5.74. The van der Waals surface area contributed by atoms with Gasteiger partial charge in [-0.2, -0.15) is 0 Å². The van der Waals surface area contributed by atoms with E-state index in [1.807, 2.05) is 12.1 Å². The molecular formula is C18H23NO. The zero-order chi connectivity index (χ0) is 14.4. The van der Waals surface area contributed by atoms with Crippen LogP contribution in [0.4, 0.5) is 0 Å². The van der Waals surface area contributed by atoms with Crippen molar-refractivity contribution in [3.05, 3.63) is 54.1 Å². The first kappa shape index (κ1) is 14.6. The van der Waals surface area contributed by atoms with Gasteiger partial charge in [0, 0.05) is 0 Å². The van der Waals surface area contributed by atoms with Gasteiger partial charge in [0.2, 0.25) is 0 Å². The van der Waals surface area contributed by atoms with Gasteiger partial charge >= 0.3 is 0 Å². The molecule has 2 nitrogen and oxygen atoms in total. The maximum Gasteiger partial charge on any atom is 0.119 e. The van der Waals surface area contributed by atoms with E-state index in [1.54, 1.807) is 0 Å². The number of ether oxygens (including phenoxy) is 1. The van der Waals surface area contributed by atoms with E-state index in [1.165, 1.54) is 16.7 Å². The summed E-state index contributed by atoms with van der Waals surface area (Å²) in [7, 11) is 0. The van der Waals surface area contributed by atoms with E-state index in [0.29, 0.717) is 12.5 Å². The molecule has 2 aromatic rings. The van der Waals surface area contributed by atoms with Crippen LogP contribution in [0.15, 0.2) is 48.5 Å². The molecule has 20 heavy (non-hydrogen) atoms. The minimum Gasteiger partial charge on any atom is -0.493 e. The molecule has 0 heterocycles. The van der Waals surface area contributed by atoms with Gasteiger partial charge in [0.1, 0.15) is 5.75 Å². The summed E-state index contributed by atoms with van der Waals surface area (Å²) < 4.78 is 5.70. The lowest BCUT2D eigenvalue weighted by Gasteiger charge is -2.10. The van der Waals surface area contributed by atoms with E-state index in [0.717, 1.165) is 18.8 Å². The predicted molar refractivity (Wildman–Crippen MR) is 85.0 cm³/mol. The fourth-order valence-electron chi connectivity index (χ4n) is 2.08. The van der Waals surface area contributed by atoms with E-state index in [4.69, 9.17) is 10.5 Å².